The van der Waals surface area contributed by atoms with E-state index in [1.54, 1.807) is 29.2 Å². The number of urea groups is 1. The summed E-state index contributed by atoms with van der Waals surface area (Å²) in [5.41, 5.74) is 8.18. The Kier molecular flexibility index (Phi) is 4.95. The lowest BCUT2D eigenvalue weighted by atomic mass is 10.0. The van der Waals surface area contributed by atoms with Crippen molar-refractivity contribution in [3.05, 3.63) is 64.7 Å². The van der Waals surface area contributed by atoms with E-state index in [9.17, 15) is 9.59 Å². The Morgan fingerprint density at radius 1 is 1.24 bits per heavy atom. The SMILES string of the molecule is C[C@@H]1Cc2ccccc2N1C(=O)C[C@@H](NC(N)=O)c1ccc(Cl)cc1. The number of fused-ring (bicyclic) bond motifs is 1. The number of anilines is 1. The van der Waals surface area contributed by atoms with E-state index in [0.717, 1.165) is 23.2 Å². The van der Waals surface area contributed by atoms with Gasteiger partial charge in [0.05, 0.1) is 12.5 Å². The molecule has 1 aliphatic rings. The van der Waals surface area contributed by atoms with Gasteiger partial charge in [-0.1, -0.05) is 41.9 Å². The number of benzene rings is 2. The van der Waals surface area contributed by atoms with E-state index in [4.69, 9.17) is 17.3 Å². The Hall–Kier alpha value is -2.53. The van der Waals surface area contributed by atoms with Crippen molar-refractivity contribution in [3.8, 4) is 0 Å². The smallest absolute Gasteiger partial charge is 0.312 e. The Balaban J connectivity index is 1.83. The highest BCUT2D eigenvalue weighted by Gasteiger charge is 2.32. The number of primary amides is 1. The van der Waals surface area contributed by atoms with Gasteiger partial charge in [-0.2, -0.15) is 0 Å². The third kappa shape index (κ3) is 3.77. The first-order valence-corrected chi connectivity index (χ1v) is 8.55. The first-order chi connectivity index (χ1) is 12.0. The first kappa shape index (κ1) is 17.3. The highest BCUT2D eigenvalue weighted by atomic mass is 35.5. The van der Waals surface area contributed by atoms with Gasteiger partial charge in [0.25, 0.3) is 0 Å². The molecule has 0 radical (unpaired) electrons. The molecule has 0 spiro atoms. The van der Waals surface area contributed by atoms with Gasteiger partial charge in [0.15, 0.2) is 0 Å². The fourth-order valence-corrected chi connectivity index (χ4v) is 3.46. The van der Waals surface area contributed by atoms with Crippen LogP contribution in [0.3, 0.4) is 0 Å². The molecule has 25 heavy (non-hydrogen) atoms. The number of para-hydroxylation sites is 1. The van der Waals surface area contributed by atoms with Crippen LogP contribution in [0, 0.1) is 0 Å². The molecule has 0 fully saturated rings. The van der Waals surface area contributed by atoms with E-state index in [1.165, 1.54) is 0 Å². The molecule has 3 N–H and O–H groups in total. The molecular formula is C19H20ClN3O2. The van der Waals surface area contributed by atoms with Crippen LogP contribution in [0.4, 0.5) is 10.5 Å². The normalized spacial score (nSPS) is 17.0. The lowest BCUT2D eigenvalue weighted by Gasteiger charge is -2.26. The van der Waals surface area contributed by atoms with Crippen LogP contribution in [-0.4, -0.2) is 18.0 Å². The standard InChI is InChI=1S/C19H20ClN3O2/c1-12-10-14-4-2-3-5-17(14)23(12)18(24)11-16(22-19(21)25)13-6-8-15(20)9-7-13/h2-9,12,16H,10-11H2,1H3,(H3,21,22,25)/t12-,16-/m1/s1. The van der Waals surface area contributed by atoms with Gasteiger partial charge in [-0.3, -0.25) is 4.79 Å². The number of nitrogens with zero attached hydrogens (tertiary/aromatic N) is 1. The molecule has 0 aliphatic carbocycles. The molecular weight excluding hydrogens is 338 g/mol. The number of carbonyl (C=O) groups is 2. The molecule has 5 nitrogen and oxygen atoms in total. The molecule has 1 aliphatic heterocycles. The molecule has 0 aromatic heterocycles. The minimum atomic E-state index is -0.664. The molecule has 6 heteroatoms. The summed E-state index contributed by atoms with van der Waals surface area (Å²) < 4.78 is 0. The van der Waals surface area contributed by atoms with E-state index < -0.39 is 12.1 Å². The maximum atomic E-state index is 13.0. The summed E-state index contributed by atoms with van der Waals surface area (Å²) in [4.78, 5) is 26.1. The van der Waals surface area contributed by atoms with Crippen molar-refractivity contribution in [3.63, 3.8) is 0 Å². The third-order valence-corrected chi connectivity index (χ3v) is 4.70. The third-order valence-electron chi connectivity index (χ3n) is 4.44. The Bertz CT molecular complexity index is 792. The minimum absolute atomic E-state index is 0.0499. The summed E-state index contributed by atoms with van der Waals surface area (Å²) in [6.45, 7) is 2.02. The number of hydrogen-bond acceptors (Lipinski definition) is 2. The summed E-state index contributed by atoms with van der Waals surface area (Å²) in [6.07, 6.45) is 0.958. The summed E-state index contributed by atoms with van der Waals surface area (Å²) >= 11 is 5.92. The number of nitrogens with two attached hydrogens (primary N) is 1. The van der Waals surface area contributed by atoms with Crippen LogP contribution in [0.2, 0.25) is 5.02 Å². The maximum Gasteiger partial charge on any atom is 0.312 e. The van der Waals surface area contributed by atoms with Crippen LogP contribution in [0.25, 0.3) is 0 Å². The van der Waals surface area contributed by atoms with E-state index in [-0.39, 0.29) is 18.4 Å². The Morgan fingerprint density at radius 2 is 1.92 bits per heavy atom. The van der Waals surface area contributed by atoms with Crippen molar-refractivity contribution in [2.45, 2.75) is 31.8 Å². The van der Waals surface area contributed by atoms with Crippen LogP contribution >= 0.6 is 11.6 Å². The average Bonchev–Trinajstić information content (AvgIpc) is 2.90. The van der Waals surface area contributed by atoms with Crippen molar-refractivity contribution in [2.24, 2.45) is 5.73 Å². The molecule has 3 rings (SSSR count). The Morgan fingerprint density at radius 3 is 2.60 bits per heavy atom. The zero-order chi connectivity index (χ0) is 18.0. The molecule has 0 bridgehead atoms. The number of rotatable bonds is 4. The second kappa shape index (κ2) is 7.15. The molecule has 0 saturated carbocycles. The van der Waals surface area contributed by atoms with Crippen molar-refractivity contribution in [1.29, 1.82) is 0 Å². The monoisotopic (exact) mass is 357 g/mol. The highest BCUT2D eigenvalue weighted by Crippen LogP contribution is 2.33. The van der Waals surface area contributed by atoms with Crippen molar-refractivity contribution < 1.29 is 9.59 Å². The quantitative estimate of drug-likeness (QED) is 0.879. The summed E-state index contributed by atoms with van der Waals surface area (Å²) in [7, 11) is 0. The van der Waals surface area contributed by atoms with Gasteiger partial charge in [0.1, 0.15) is 0 Å². The fourth-order valence-electron chi connectivity index (χ4n) is 3.34. The van der Waals surface area contributed by atoms with Gasteiger partial charge in [-0.25, -0.2) is 4.79 Å². The minimum Gasteiger partial charge on any atom is -0.352 e. The predicted octanol–water partition coefficient (Wildman–Crippen LogP) is 3.42. The largest absolute Gasteiger partial charge is 0.352 e. The molecule has 2 atom stereocenters. The second-order valence-corrected chi connectivity index (χ2v) is 6.70. The van der Waals surface area contributed by atoms with Gasteiger partial charge in [0.2, 0.25) is 5.91 Å². The number of halogens is 1. The van der Waals surface area contributed by atoms with E-state index in [0.29, 0.717) is 5.02 Å². The molecule has 0 saturated heterocycles. The van der Waals surface area contributed by atoms with Crippen molar-refractivity contribution in [1.82, 2.24) is 5.32 Å². The average molecular weight is 358 g/mol. The maximum absolute atomic E-state index is 13.0. The fraction of sp³-hybridized carbons (Fsp3) is 0.263. The lowest BCUT2D eigenvalue weighted by molar-refractivity contribution is -0.119. The lowest BCUT2D eigenvalue weighted by Crippen LogP contribution is -2.40. The summed E-state index contributed by atoms with van der Waals surface area (Å²) in [5.74, 6) is -0.0499. The topological polar surface area (TPSA) is 75.4 Å². The van der Waals surface area contributed by atoms with Crippen LogP contribution in [0.5, 0.6) is 0 Å². The molecule has 0 unspecified atom stereocenters. The second-order valence-electron chi connectivity index (χ2n) is 6.26. The van der Waals surface area contributed by atoms with Crippen LogP contribution < -0.4 is 16.0 Å². The molecule has 2 aromatic rings. The van der Waals surface area contributed by atoms with Gasteiger partial charge < -0.3 is 16.0 Å². The zero-order valence-electron chi connectivity index (χ0n) is 13.9. The predicted molar refractivity (Wildman–Crippen MR) is 98.6 cm³/mol. The van der Waals surface area contributed by atoms with Crippen molar-refractivity contribution in [2.75, 3.05) is 4.90 Å². The molecule has 130 valence electrons. The number of carbonyl (C=O) groups excluding carboxylic acids is 2. The van der Waals surface area contributed by atoms with Gasteiger partial charge >= 0.3 is 6.03 Å². The van der Waals surface area contributed by atoms with Crippen LogP contribution in [0.1, 0.15) is 30.5 Å². The number of hydrogen-bond donors (Lipinski definition) is 2. The molecule has 3 amide bonds. The van der Waals surface area contributed by atoms with E-state index in [2.05, 4.69) is 5.32 Å². The summed E-state index contributed by atoms with van der Waals surface area (Å²) in [5, 5.41) is 3.25. The Labute approximate surface area is 151 Å². The number of nitrogens with one attached hydrogen (secondary N) is 1. The highest BCUT2D eigenvalue weighted by molar-refractivity contribution is 6.30. The van der Waals surface area contributed by atoms with Crippen LogP contribution in [-0.2, 0) is 11.2 Å². The number of amides is 3. The molecule has 2 aromatic carbocycles. The van der Waals surface area contributed by atoms with E-state index >= 15 is 0 Å². The van der Waals surface area contributed by atoms with E-state index in [1.807, 2.05) is 31.2 Å². The molecule has 1 heterocycles. The van der Waals surface area contributed by atoms with Crippen LogP contribution in [0.15, 0.2) is 48.5 Å². The van der Waals surface area contributed by atoms with Gasteiger partial charge in [-0.15, -0.1) is 0 Å². The van der Waals surface area contributed by atoms with Gasteiger partial charge in [0, 0.05) is 16.8 Å². The summed E-state index contributed by atoms with van der Waals surface area (Å²) in [6, 6.07) is 13.9. The van der Waals surface area contributed by atoms with Gasteiger partial charge in [-0.05, 0) is 42.7 Å². The first-order valence-electron chi connectivity index (χ1n) is 8.17. The van der Waals surface area contributed by atoms with Crippen molar-refractivity contribution >= 4 is 29.2 Å². The zero-order valence-corrected chi connectivity index (χ0v) is 14.7.